The van der Waals surface area contributed by atoms with Crippen LogP contribution in [0.15, 0.2) is 41.0 Å². The van der Waals surface area contributed by atoms with E-state index in [0.29, 0.717) is 21.5 Å². The predicted molar refractivity (Wildman–Crippen MR) is 76.3 cm³/mol. The quantitative estimate of drug-likeness (QED) is 0.852. The van der Waals surface area contributed by atoms with Crippen molar-refractivity contribution >= 4 is 33.2 Å². The van der Waals surface area contributed by atoms with Gasteiger partial charge in [0.1, 0.15) is 18.3 Å². The van der Waals surface area contributed by atoms with Crippen molar-refractivity contribution in [1.82, 2.24) is 4.57 Å². The van der Waals surface area contributed by atoms with Gasteiger partial charge in [0.2, 0.25) is 5.91 Å². The highest BCUT2D eigenvalue weighted by Crippen LogP contribution is 2.24. The molecule has 19 heavy (non-hydrogen) atoms. The Labute approximate surface area is 118 Å². The van der Waals surface area contributed by atoms with Crippen molar-refractivity contribution in [3.05, 3.63) is 46.7 Å². The van der Waals surface area contributed by atoms with Crippen LogP contribution in [0.4, 0.5) is 11.4 Å². The molecule has 0 unspecified atom stereocenters. The van der Waals surface area contributed by atoms with E-state index in [1.54, 1.807) is 41.1 Å². The zero-order chi connectivity index (χ0) is 13.8. The van der Waals surface area contributed by atoms with Gasteiger partial charge in [-0.15, -0.1) is 0 Å². The summed E-state index contributed by atoms with van der Waals surface area (Å²) in [4.78, 5) is 11.9. The number of rotatable bonds is 3. The van der Waals surface area contributed by atoms with Gasteiger partial charge < -0.3 is 15.6 Å². The lowest BCUT2D eigenvalue weighted by atomic mass is 10.3. The van der Waals surface area contributed by atoms with E-state index < -0.39 is 0 Å². The maximum atomic E-state index is 11.9. The second kappa shape index (κ2) is 5.59. The fraction of sp³-hybridized carbons (Fsp3) is 0.0769. The zero-order valence-corrected chi connectivity index (χ0v) is 11.5. The van der Waals surface area contributed by atoms with Crippen molar-refractivity contribution in [3.8, 4) is 6.07 Å². The molecule has 0 saturated carbocycles. The normalized spacial score (nSPS) is 9.89. The second-order valence-corrected chi connectivity index (χ2v) is 4.77. The van der Waals surface area contributed by atoms with Gasteiger partial charge in [-0.25, -0.2) is 0 Å². The number of carbonyl (C=O) groups excluding carboxylic acids is 1. The molecule has 0 radical (unpaired) electrons. The van der Waals surface area contributed by atoms with E-state index in [4.69, 9.17) is 11.0 Å². The first-order valence-corrected chi connectivity index (χ1v) is 6.29. The number of nitrogens with one attached hydrogen (secondary N) is 1. The molecule has 1 heterocycles. The molecule has 0 aliphatic rings. The van der Waals surface area contributed by atoms with Gasteiger partial charge >= 0.3 is 0 Å². The third kappa shape index (κ3) is 3.14. The standard InChI is InChI=1S/C13H11BrN4O/c14-11-6-9(16)3-4-12(11)17-13(19)8-18-5-1-2-10(18)7-15/h1-6H,8,16H2,(H,17,19). The summed E-state index contributed by atoms with van der Waals surface area (Å²) in [5.41, 5.74) is 7.33. The molecule has 5 nitrogen and oxygen atoms in total. The van der Waals surface area contributed by atoms with Crippen LogP contribution in [0.5, 0.6) is 0 Å². The summed E-state index contributed by atoms with van der Waals surface area (Å²) in [7, 11) is 0. The lowest BCUT2D eigenvalue weighted by Gasteiger charge is -2.09. The Morgan fingerprint density at radius 3 is 2.95 bits per heavy atom. The van der Waals surface area contributed by atoms with Gasteiger partial charge in [0.05, 0.1) is 5.69 Å². The van der Waals surface area contributed by atoms with Gasteiger partial charge in [-0.3, -0.25) is 4.79 Å². The van der Waals surface area contributed by atoms with Crippen molar-refractivity contribution in [2.75, 3.05) is 11.1 Å². The van der Waals surface area contributed by atoms with E-state index in [2.05, 4.69) is 21.2 Å². The van der Waals surface area contributed by atoms with Gasteiger partial charge in [-0.2, -0.15) is 5.26 Å². The van der Waals surface area contributed by atoms with Gasteiger partial charge in [-0.1, -0.05) is 0 Å². The smallest absolute Gasteiger partial charge is 0.244 e. The maximum Gasteiger partial charge on any atom is 0.244 e. The average molecular weight is 319 g/mol. The number of amides is 1. The van der Waals surface area contributed by atoms with Crippen LogP contribution in [0.25, 0.3) is 0 Å². The number of nitrogen functional groups attached to an aromatic ring is 1. The van der Waals surface area contributed by atoms with Crippen LogP contribution in [-0.2, 0) is 11.3 Å². The average Bonchev–Trinajstić information content (AvgIpc) is 2.80. The Balaban J connectivity index is 2.08. The Morgan fingerprint density at radius 1 is 1.47 bits per heavy atom. The molecule has 96 valence electrons. The first-order chi connectivity index (χ1) is 9.10. The number of anilines is 2. The second-order valence-electron chi connectivity index (χ2n) is 3.92. The van der Waals surface area contributed by atoms with Crippen LogP contribution in [0.2, 0.25) is 0 Å². The molecule has 1 aromatic carbocycles. The summed E-state index contributed by atoms with van der Waals surface area (Å²) in [5.74, 6) is -0.210. The molecule has 3 N–H and O–H groups in total. The Bertz CT molecular complexity index is 657. The van der Waals surface area contributed by atoms with Crippen molar-refractivity contribution in [2.24, 2.45) is 0 Å². The Hall–Kier alpha value is -2.26. The largest absolute Gasteiger partial charge is 0.399 e. The Kier molecular flexibility index (Phi) is 3.88. The third-order valence-corrected chi connectivity index (χ3v) is 3.18. The van der Waals surface area contributed by atoms with Crippen molar-refractivity contribution in [3.63, 3.8) is 0 Å². The molecular weight excluding hydrogens is 308 g/mol. The van der Waals surface area contributed by atoms with Gasteiger partial charge in [0.25, 0.3) is 0 Å². The summed E-state index contributed by atoms with van der Waals surface area (Å²) in [5, 5.41) is 11.6. The minimum Gasteiger partial charge on any atom is -0.399 e. The SMILES string of the molecule is N#Cc1cccn1CC(=O)Nc1ccc(N)cc1Br. The highest BCUT2D eigenvalue weighted by atomic mass is 79.9. The van der Waals surface area contributed by atoms with E-state index >= 15 is 0 Å². The van der Waals surface area contributed by atoms with E-state index in [9.17, 15) is 4.79 Å². The number of benzene rings is 1. The molecule has 0 spiro atoms. The van der Waals surface area contributed by atoms with E-state index in [1.165, 1.54) is 0 Å². The van der Waals surface area contributed by atoms with Crippen LogP contribution >= 0.6 is 15.9 Å². The minimum absolute atomic E-state index is 0.0900. The number of nitrogens with two attached hydrogens (primary N) is 1. The monoisotopic (exact) mass is 318 g/mol. The molecular formula is C13H11BrN4O. The number of carbonyl (C=O) groups is 1. The number of nitrogens with zero attached hydrogens (tertiary/aromatic N) is 2. The van der Waals surface area contributed by atoms with Crippen LogP contribution < -0.4 is 11.1 Å². The molecule has 0 saturated heterocycles. The highest BCUT2D eigenvalue weighted by molar-refractivity contribution is 9.10. The Morgan fingerprint density at radius 2 is 2.26 bits per heavy atom. The summed E-state index contributed by atoms with van der Waals surface area (Å²) in [6.07, 6.45) is 1.69. The maximum absolute atomic E-state index is 11.9. The summed E-state index contributed by atoms with van der Waals surface area (Å²) < 4.78 is 2.30. The summed E-state index contributed by atoms with van der Waals surface area (Å²) >= 11 is 3.33. The summed E-state index contributed by atoms with van der Waals surface area (Å²) in [6.45, 7) is 0.0900. The number of halogens is 1. The fourth-order valence-corrected chi connectivity index (χ4v) is 2.13. The lowest BCUT2D eigenvalue weighted by molar-refractivity contribution is -0.116. The number of aromatic nitrogens is 1. The molecule has 1 aromatic heterocycles. The third-order valence-electron chi connectivity index (χ3n) is 2.53. The molecule has 2 rings (SSSR count). The fourth-order valence-electron chi connectivity index (χ4n) is 1.63. The van der Waals surface area contributed by atoms with Crippen molar-refractivity contribution < 1.29 is 4.79 Å². The zero-order valence-electron chi connectivity index (χ0n) is 9.93. The van der Waals surface area contributed by atoms with Gasteiger partial charge in [0.15, 0.2) is 0 Å². The van der Waals surface area contributed by atoms with Crippen LogP contribution in [0.3, 0.4) is 0 Å². The number of hydrogen-bond donors (Lipinski definition) is 2. The molecule has 0 fully saturated rings. The van der Waals surface area contributed by atoms with Crippen LogP contribution in [0, 0.1) is 11.3 Å². The predicted octanol–water partition coefficient (Wildman–Crippen LogP) is 2.34. The topological polar surface area (TPSA) is 83.8 Å². The number of nitriles is 1. The highest BCUT2D eigenvalue weighted by Gasteiger charge is 2.08. The molecule has 1 amide bonds. The molecule has 0 bridgehead atoms. The first kappa shape index (κ1) is 13.2. The van der Waals surface area contributed by atoms with E-state index in [-0.39, 0.29) is 12.5 Å². The minimum atomic E-state index is -0.210. The van der Waals surface area contributed by atoms with Crippen LogP contribution in [0.1, 0.15) is 5.69 Å². The molecule has 2 aromatic rings. The molecule has 0 aliphatic heterocycles. The van der Waals surface area contributed by atoms with Crippen molar-refractivity contribution in [1.29, 1.82) is 5.26 Å². The molecule has 0 aliphatic carbocycles. The van der Waals surface area contributed by atoms with Crippen LogP contribution in [-0.4, -0.2) is 10.5 Å². The molecule has 0 atom stereocenters. The van der Waals surface area contributed by atoms with Gasteiger partial charge in [0, 0.05) is 16.4 Å². The van der Waals surface area contributed by atoms with E-state index in [1.807, 2.05) is 6.07 Å². The molecule has 6 heteroatoms. The van der Waals surface area contributed by atoms with E-state index in [0.717, 1.165) is 0 Å². The number of hydrogen-bond acceptors (Lipinski definition) is 3. The van der Waals surface area contributed by atoms with Gasteiger partial charge in [-0.05, 0) is 46.3 Å². The summed E-state index contributed by atoms with van der Waals surface area (Å²) in [6, 6.07) is 10.5. The lowest BCUT2D eigenvalue weighted by Crippen LogP contribution is -2.19. The van der Waals surface area contributed by atoms with Crippen molar-refractivity contribution in [2.45, 2.75) is 6.54 Å². The first-order valence-electron chi connectivity index (χ1n) is 5.50.